The number of aromatic nitrogens is 1. The third-order valence-electron chi connectivity index (χ3n) is 6.09. The van der Waals surface area contributed by atoms with Crippen LogP contribution in [-0.4, -0.2) is 68.3 Å². The Morgan fingerprint density at radius 3 is 2.56 bits per heavy atom. The molecule has 32 heavy (non-hydrogen) atoms. The number of fused-ring (bicyclic) bond motifs is 2. The van der Waals surface area contributed by atoms with Crippen molar-refractivity contribution >= 4 is 32.6 Å². The standard InChI is InChI=1S/C24H28N4O3S/c1-16-3-4-17(2)22-21(16)26-24(32-22)28-11-9-27(10-12-28)8-7-25-23(29)18-5-6-19-20(15-18)31-14-13-30-19/h3-6,15H,7-14H2,1-2H3,(H,25,29). The van der Waals surface area contributed by atoms with Crippen LogP contribution in [0.3, 0.4) is 0 Å². The Morgan fingerprint density at radius 1 is 1.03 bits per heavy atom. The lowest BCUT2D eigenvalue weighted by Crippen LogP contribution is -2.48. The quantitative estimate of drug-likeness (QED) is 0.641. The Morgan fingerprint density at radius 2 is 1.78 bits per heavy atom. The molecule has 1 saturated heterocycles. The maximum Gasteiger partial charge on any atom is 0.251 e. The number of carbonyl (C=O) groups excluding carboxylic acids is 1. The minimum absolute atomic E-state index is 0.0826. The molecule has 0 spiro atoms. The van der Waals surface area contributed by atoms with E-state index in [0.717, 1.165) is 43.4 Å². The van der Waals surface area contributed by atoms with Gasteiger partial charge in [-0.05, 0) is 43.2 Å². The number of nitrogens with one attached hydrogen (secondary N) is 1. The number of hydrogen-bond donors (Lipinski definition) is 1. The third-order valence-corrected chi connectivity index (χ3v) is 7.34. The molecule has 168 valence electrons. The first-order valence-electron chi connectivity index (χ1n) is 11.1. The van der Waals surface area contributed by atoms with E-state index in [1.807, 2.05) is 0 Å². The Kier molecular flexibility index (Phi) is 5.89. The highest BCUT2D eigenvalue weighted by atomic mass is 32.1. The summed E-state index contributed by atoms with van der Waals surface area (Å²) in [6.45, 7) is 10.6. The zero-order valence-corrected chi connectivity index (χ0v) is 19.3. The summed E-state index contributed by atoms with van der Waals surface area (Å²) in [4.78, 5) is 22.2. The topological polar surface area (TPSA) is 66.9 Å². The van der Waals surface area contributed by atoms with Crippen molar-refractivity contribution in [3.05, 3.63) is 47.0 Å². The largest absolute Gasteiger partial charge is 0.486 e. The highest BCUT2D eigenvalue weighted by Gasteiger charge is 2.21. The molecule has 3 aromatic rings. The van der Waals surface area contributed by atoms with Crippen LogP contribution >= 0.6 is 11.3 Å². The maximum absolute atomic E-state index is 12.5. The van der Waals surface area contributed by atoms with E-state index in [0.29, 0.717) is 36.8 Å². The molecule has 1 fully saturated rings. The summed E-state index contributed by atoms with van der Waals surface area (Å²) in [7, 11) is 0. The summed E-state index contributed by atoms with van der Waals surface area (Å²) in [5.41, 5.74) is 4.26. The lowest BCUT2D eigenvalue weighted by molar-refractivity contribution is 0.0946. The van der Waals surface area contributed by atoms with E-state index in [1.54, 1.807) is 29.5 Å². The Balaban J connectivity index is 1.11. The fourth-order valence-electron chi connectivity index (χ4n) is 4.16. The molecular formula is C24H28N4O3S. The molecular weight excluding hydrogens is 424 g/mol. The van der Waals surface area contributed by atoms with E-state index < -0.39 is 0 Å². The van der Waals surface area contributed by atoms with Gasteiger partial charge >= 0.3 is 0 Å². The molecule has 0 radical (unpaired) electrons. The highest BCUT2D eigenvalue weighted by molar-refractivity contribution is 7.22. The van der Waals surface area contributed by atoms with Crippen LogP contribution in [0.15, 0.2) is 30.3 Å². The second-order valence-corrected chi connectivity index (χ2v) is 9.29. The van der Waals surface area contributed by atoms with Crippen molar-refractivity contribution in [2.45, 2.75) is 13.8 Å². The molecule has 0 atom stereocenters. The minimum Gasteiger partial charge on any atom is -0.486 e. The van der Waals surface area contributed by atoms with Crippen LogP contribution in [0.1, 0.15) is 21.5 Å². The Labute approximate surface area is 191 Å². The smallest absolute Gasteiger partial charge is 0.251 e. The summed E-state index contributed by atoms with van der Waals surface area (Å²) >= 11 is 1.80. The molecule has 8 heteroatoms. The SMILES string of the molecule is Cc1ccc(C)c2sc(N3CCN(CCNC(=O)c4ccc5c(c4)OCCO5)CC3)nc12. The van der Waals surface area contributed by atoms with Crippen LogP contribution in [0.2, 0.25) is 0 Å². The van der Waals surface area contributed by atoms with Crippen molar-refractivity contribution in [2.24, 2.45) is 0 Å². The monoisotopic (exact) mass is 452 g/mol. The van der Waals surface area contributed by atoms with Gasteiger partial charge in [-0.2, -0.15) is 0 Å². The molecule has 0 aliphatic carbocycles. The predicted molar refractivity (Wildman–Crippen MR) is 128 cm³/mol. The van der Waals surface area contributed by atoms with Gasteiger partial charge in [-0.25, -0.2) is 4.98 Å². The summed E-state index contributed by atoms with van der Waals surface area (Å²) in [6, 6.07) is 9.66. The number of carbonyl (C=O) groups is 1. The molecule has 5 rings (SSSR count). The normalized spacial score (nSPS) is 16.4. The number of nitrogens with zero attached hydrogens (tertiary/aromatic N) is 3. The van der Waals surface area contributed by atoms with Crippen molar-refractivity contribution in [1.82, 2.24) is 15.2 Å². The second kappa shape index (κ2) is 8.96. The van der Waals surface area contributed by atoms with Crippen LogP contribution in [-0.2, 0) is 0 Å². The average molecular weight is 453 g/mol. The molecule has 1 aromatic heterocycles. The summed E-state index contributed by atoms with van der Waals surface area (Å²) in [6.07, 6.45) is 0. The second-order valence-electron chi connectivity index (χ2n) is 8.32. The van der Waals surface area contributed by atoms with Crippen molar-refractivity contribution in [3.8, 4) is 11.5 Å². The highest BCUT2D eigenvalue weighted by Crippen LogP contribution is 2.33. The molecule has 1 amide bonds. The molecule has 2 aromatic carbocycles. The molecule has 0 saturated carbocycles. The van der Waals surface area contributed by atoms with Gasteiger partial charge < -0.3 is 19.7 Å². The van der Waals surface area contributed by atoms with Gasteiger partial charge in [0.15, 0.2) is 16.6 Å². The first kappa shape index (κ1) is 21.0. The summed E-state index contributed by atoms with van der Waals surface area (Å²) in [5, 5.41) is 4.14. The molecule has 0 unspecified atom stereocenters. The average Bonchev–Trinajstić information content (AvgIpc) is 3.28. The fraction of sp³-hybridized carbons (Fsp3) is 0.417. The van der Waals surface area contributed by atoms with Gasteiger partial charge in [0.1, 0.15) is 13.2 Å². The van der Waals surface area contributed by atoms with Crippen LogP contribution in [0.4, 0.5) is 5.13 Å². The lowest BCUT2D eigenvalue weighted by atomic mass is 10.1. The van der Waals surface area contributed by atoms with Crippen molar-refractivity contribution in [1.29, 1.82) is 0 Å². The fourth-order valence-corrected chi connectivity index (χ4v) is 5.32. The first-order chi connectivity index (χ1) is 15.6. The maximum atomic E-state index is 12.5. The minimum atomic E-state index is -0.0826. The number of aryl methyl sites for hydroxylation is 2. The molecule has 2 aliphatic heterocycles. The van der Waals surface area contributed by atoms with Crippen LogP contribution < -0.4 is 19.7 Å². The predicted octanol–water partition coefficient (Wildman–Crippen LogP) is 3.24. The van der Waals surface area contributed by atoms with Crippen molar-refractivity contribution in [2.75, 3.05) is 57.4 Å². The summed E-state index contributed by atoms with van der Waals surface area (Å²) in [5.74, 6) is 1.25. The number of hydrogen-bond acceptors (Lipinski definition) is 7. The number of benzene rings is 2. The number of anilines is 1. The number of ether oxygens (including phenoxy) is 2. The van der Waals surface area contributed by atoms with Gasteiger partial charge in [-0.1, -0.05) is 23.5 Å². The van der Waals surface area contributed by atoms with Crippen LogP contribution in [0.5, 0.6) is 11.5 Å². The van der Waals surface area contributed by atoms with E-state index in [-0.39, 0.29) is 5.91 Å². The van der Waals surface area contributed by atoms with Crippen molar-refractivity contribution < 1.29 is 14.3 Å². The number of thiazole rings is 1. The third kappa shape index (κ3) is 4.25. The molecule has 3 heterocycles. The Bertz CT molecular complexity index is 1100. The van der Waals surface area contributed by atoms with E-state index in [9.17, 15) is 4.79 Å². The van der Waals surface area contributed by atoms with E-state index >= 15 is 0 Å². The Hall–Kier alpha value is -2.84. The molecule has 0 bridgehead atoms. The van der Waals surface area contributed by atoms with E-state index in [2.05, 4.69) is 41.1 Å². The van der Waals surface area contributed by atoms with Gasteiger partial charge in [0.05, 0.1) is 10.2 Å². The molecule has 1 N–H and O–H groups in total. The van der Waals surface area contributed by atoms with Gasteiger partial charge in [-0.15, -0.1) is 0 Å². The zero-order valence-electron chi connectivity index (χ0n) is 18.5. The van der Waals surface area contributed by atoms with Gasteiger partial charge in [-0.3, -0.25) is 9.69 Å². The number of rotatable bonds is 5. The van der Waals surface area contributed by atoms with Gasteiger partial charge in [0, 0.05) is 44.8 Å². The van der Waals surface area contributed by atoms with Crippen LogP contribution in [0, 0.1) is 13.8 Å². The van der Waals surface area contributed by atoms with E-state index in [4.69, 9.17) is 14.5 Å². The van der Waals surface area contributed by atoms with Crippen molar-refractivity contribution in [3.63, 3.8) is 0 Å². The van der Waals surface area contributed by atoms with Gasteiger partial charge in [0.25, 0.3) is 5.91 Å². The lowest BCUT2D eigenvalue weighted by Gasteiger charge is -2.34. The van der Waals surface area contributed by atoms with Gasteiger partial charge in [0.2, 0.25) is 0 Å². The first-order valence-corrected chi connectivity index (χ1v) is 11.9. The van der Waals surface area contributed by atoms with Crippen LogP contribution in [0.25, 0.3) is 10.2 Å². The molecule has 7 nitrogen and oxygen atoms in total. The number of piperazine rings is 1. The zero-order chi connectivity index (χ0) is 22.1. The van der Waals surface area contributed by atoms with E-state index in [1.165, 1.54) is 15.8 Å². The number of amides is 1. The molecule has 2 aliphatic rings. The summed E-state index contributed by atoms with van der Waals surface area (Å²) < 4.78 is 12.4.